The average molecular weight is 576 g/mol. The minimum atomic E-state index is -0.962. The Bertz CT molecular complexity index is 1730. The van der Waals surface area contributed by atoms with E-state index in [4.69, 9.17) is 23.2 Å². The van der Waals surface area contributed by atoms with Gasteiger partial charge in [-0.1, -0.05) is 58.7 Å². The first kappa shape index (κ1) is 27.3. The van der Waals surface area contributed by atoms with Gasteiger partial charge in [0, 0.05) is 23.0 Å². The van der Waals surface area contributed by atoms with Gasteiger partial charge in [0.05, 0.1) is 51.2 Å². The Morgan fingerprint density at radius 2 is 1.82 bits per heavy atom. The van der Waals surface area contributed by atoms with Crippen molar-refractivity contribution in [2.75, 3.05) is 10.6 Å². The number of hydrogen-bond donors (Lipinski definition) is 3. The second kappa shape index (κ2) is 11.1. The van der Waals surface area contributed by atoms with Gasteiger partial charge in [0.25, 0.3) is 0 Å². The van der Waals surface area contributed by atoms with E-state index in [1.54, 1.807) is 30.8 Å². The molecule has 0 saturated heterocycles. The highest BCUT2D eigenvalue weighted by atomic mass is 35.5. The quantitative estimate of drug-likeness (QED) is 0.185. The number of nitriles is 1. The van der Waals surface area contributed by atoms with Gasteiger partial charge in [-0.25, -0.2) is 9.07 Å². The van der Waals surface area contributed by atoms with Crippen LogP contribution in [0.15, 0.2) is 73.1 Å². The smallest absolute Gasteiger partial charge is 0.141 e. The lowest BCUT2D eigenvalue weighted by atomic mass is 10.0. The Balaban J connectivity index is 1.58. The number of nitrogens with one attached hydrogen (secondary N) is 2. The summed E-state index contributed by atoms with van der Waals surface area (Å²) in [5.74, 6) is -0.548. The van der Waals surface area contributed by atoms with E-state index in [0.29, 0.717) is 38.7 Å². The maximum Gasteiger partial charge on any atom is 0.141 e. The van der Waals surface area contributed by atoms with Crippen molar-refractivity contribution in [3.05, 3.63) is 106 Å². The van der Waals surface area contributed by atoms with Gasteiger partial charge in [-0.15, -0.1) is 5.10 Å². The van der Waals surface area contributed by atoms with Gasteiger partial charge in [0.15, 0.2) is 0 Å². The van der Waals surface area contributed by atoms with Crippen LogP contribution in [0, 0.1) is 17.1 Å². The molecular weight excluding hydrogens is 552 g/mol. The largest absolute Gasteiger partial charge is 0.389 e. The van der Waals surface area contributed by atoms with Gasteiger partial charge in [0.1, 0.15) is 17.6 Å². The maximum atomic E-state index is 13.8. The summed E-state index contributed by atoms with van der Waals surface area (Å²) in [4.78, 5) is 4.40. The van der Waals surface area contributed by atoms with Gasteiger partial charge in [0.2, 0.25) is 0 Å². The molecule has 0 bridgehead atoms. The highest BCUT2D eigenvalue weighted by molar-refractivity contribution is 6.36. The number of fused-ring (bicyclic) bond motifs is 1. The number of hydrogen-bond acceptors (Lipinski definition) is 7. The summed E-state index contributed by atoms with van der Waals surface area (Å²) in [6.45, 7) is 3.68. The monoisotopic (exact) mass is 575 g/mol. The second-order valence-corrected chi connectivity index (χ2v) is 10.7. The van der Waals surface area contributed by atoms with E-state index in [-0.39, 0.29) is 17.1 Å². The molecule has 3 aromatic carbocycles. The molecule has 2 heterocycles. The molecule has 0 amide bonds. The summed E-state index contributed by atoms with van der Waals surface area (Å²) in [5.41, 5.74) is 2.94. The van der Waals surface area contributed by atoms with E-state index < -0.39 is 17.5 Å². The predicted molar refractivity (Wildman–Crippen MR) is 154 cm³/mol. The van der Waals surface area contributed by atoms with Crippen LogP contribution in [0.2, 0.25) is 10.0 Å². The molecule has 0 aliphatic rings. The average Bonchev–Trinajstić information content (AvgIpc) is 3.36. The molecule has 8 nitrogen and oxygen atoms in total. The number of benzene rings is 3. The van der Waals surface area contributed by atoms with Crippen LogP contribution in [-0.2, 0) is 6.54 Å². The molecule has 1 atom stereocenters. The van der Waals surface area contributed by atoms with Crippen LogP contribution in [0.25, 0.3) is 10.9 Å². The minimum Gasteiger partial charge on any atom is -0.389 e. The fraction of sp³-hybridized carbons (Fsp3) is 0.172. The van der Waals surface area contributed by atoms with Gasteiger partial charge in [-0.05, 0) is 49.7 Å². The Morgan fingerprint density at radius 1 is 1.07 bits per heavy atom. The standard InChI is InChI=1S/C29H24Cl2FN7O/c1-29(2,40)16-39-15-25(37-38-39)27(17-6-4-3-5-7-17)36-20-10-21-26(35-19-8-9-24(32)22(30)11-19)18(13-33)14-34-28(21)23(31)12-20/h3-12,14-15,27,36,40H,16H2,1-2H3,(H,34,35)/t27-/m0/s1. The van der Waals surface area contributed by atoms with Crippen LogP contribution in [0.5, 0.6) is 0 Å². The molecule has 2 aromatic heterocycles. The molecule has 0 fully saturated rings. The molecular formula is C29H24Cl2FN7O. The van der Waals surface area contributed by atoms with Crippen LogP contribution < -0.4 is 10.6 Å². The van der Waals surface area contributed by atoms with Gasteiger partial charge in [-0.2, -0.15) is 5.26 Å². The third kappa shape index (κ3) is 6.00. The third-order valence-corrected chi connectivity index (χ3v) is 6.66. The van der Waals surface area contributed by atoms with Gasteiger partial charge in [-0.3, -0.25) is 4.98 Å². The number of aliphatic hydroxyl groups is 1. The number of aromatic nitrogens is 4. The number of anilines is 3. The molecule has 40 heavy (non-hydrogen) atoms. The Labute approximate surface area is 240 Å². The highest BCUT2D eigenvalue weighted by Gasteiger charge is 2.22. The van der Waals surface area contributed by atoms with Crippen molar-refractivity contribution in [2.24, 2.45) is 0 Å². The van der Waals surface area contributed by atoms with Crippen LogP contribution in [0.1, 0.15) is 36.7 Å². The summed E-state index contributed by atoms with van der Waals surface area (Å²) in [6, 6.07) is 19.3. The number of pyridine rings is 1. The molecule has 0 unspecified atom stereocenters. The summed E-state index contributed by atoms with van der Waals surface area (Å²) >= 11 is 12.7. The van der Waals surface area contributed by atoms with Crippen molar-refractivity contribution in [1.29, 1.82) is 5.26 Å². The summed E-state index contributed by atoms with van der Waals surface area (Å²) in [5, 5.41) is 36.2. The third-order valence-electron chi connectivity index (χ3n) is 6.08. The van der Waals surface area contributed by atoms with E-state index in [1.165, 1.54) is 24.4 Å². The van der Waals surface area contributed by atoms with E-state index in [0.717, 1.165) is 5.56 Å². The molecule has 5 rings (SSSR count). The first-order chi connectivity index (χ1) is 19.1. The molecule has 3 N–H and O–H groups in total. The van der Waals surface area contributed by atoms with Gasteiger partial charge < -0.3 is 15.7 Å². The van der Waals surface area contributed by atoms with Crippen LogP contribution in [-0.4, -0.2) is 30.7 Å². The van der Waals surface area contributed by atoms with Crippen molar-refractivity contribution in [3.8, 4) is 6.07 Å². The zero-order valence-electron chi connectivity index (χ0n) is 21.5. The molecule has 5 aromatic rings. The van der Waals surface area contributed by atoms with E-state index >= 15 is 0 Å². The van der Waals surface area contributed by atoms with E-state index in [9.17, 15) is 14.8 Å². The van der Waals surface area contributed by atoms with E-state index in [1.807, 2.05) is 36.4 Å². The lowest BCUT2D eigenvalue weighted by Gasteiger charge is -2.20. The van der Waals surface area contributed by atoms with Crippen molar-refractivity contribution in [1.82, 2.24) is 20.0 Å². The number of nitrogens with zero attached hydrogens (tertiary/aromatic N) is 5. The molecule has 0 radical (unpaired) electrons. The first-order valence-corrected chi connectivity index (χ1v) is 13.1. The normalized spacial score (nSPS) is 12.2. The Kier molecular flexibility index (Phi) is 7.59. The molecule has 0 saturated carbocycles. The second-order valence-electron chi connectivity index (χ2n) is 9.91. The highest BCUT2D eigenvalue weighted by Crippen LogP contribution is 2.37. The molecule has 11 heteroatoms. The maximum absolute atomic E-state index is 13.8. The van der Waals surface area contributed by atoms with Crippen molar-refractivity contribution in [3.63, 3.8) is 0 Å². The van der Waals surface area contributed by atoms with E-state index in [2.05, 4.69) is 32.0 Å². The molecule has 0 aliphatic carbocycles. The molecule has 0 spiro atoms. The van der Waals surface area contributed by atoms with Crippen molar-refractivity contribution >= 4 is 51.2 Å². The Hall–Kier alpha value is -4.23. The van der Waals surface area contributed by atoms with Crippen LogP contribution >= 0.6 is 23.2 Å². The van der Waals surface area contributed by atoms with Crippen molar-refractivity contribution < 1.29 is 9.50 Å². The number of halogens is 3. The van der Waals surface area contributed by atoms with Crippen LogP contribution in [0.3, 0.4) is 0 Å². The lowest BCUT2D eigenvalue weighted by Crippen LogP contribution is -2.26. The molecule has 0 aliphatic heterocycles. The topological polar surface area (TPSA) is 112 Å². The number of rotatable bonds is 8. The lowest BCUT2D eigenvalue weighted by molar-refractivity contribution is 0.0571. The zero-order chi connectivity index (χ0) is 28.4. The summed E-state index contributed by atoms with van der Waals surface area (Å²) < 4.78 is 15.4. The summed E-state index contributed by atoms with van der Waals surface area (Å²) in [7, 11) is 0. The van der Waals surface area contributed by atoms with Crippen LogP contribution in [0.4, 0.5) is 21.5 Å². The van der Waals surface area contributed by atoms with Gasteiger partial charge >= 0.3 is 0 Å². The first-order valence-electron chi connectivity index (χ1n) is 12.3. The fourth-order valence-electron chi connectivity index (χ4n) is 4.34. The van der Waals surface area contributed by atoms with Crippen molar-refractivity contribution in [2.45, 2.75) is 32.0 Å². The SMILES string of the molecule is CC(C)(O)Cn1cc([C@@H](Nc2cc(Cl)c3ncc(C#N)c(Nc4ccc(F)c(Cl)c4)c3c2)c2ccccc2)nn1. The molecule has 202 valence electrons. The summed E-state index contributed by atoms with van der Waals surface area (Å²) in [6.07, 6.45) is 3.22. The minimum absolute atomic E-state index is 0.0504. The fourth-order valence-corrected chi connectivity index (χ4v) is 4.79. The Morgan fingerprint density at radius 3 is 2.52 bits per heavy atom. The zero-order valence-corrected chi connectivity index (χ0v) is 23.0. The predicted octanol–water partition coefficient (Wildman–Crippen LogP) is 6.86.